The van der Waals surface area contributed by atoms with Gasteiger partial charge in [-0.2, -0.15) is 0 Å². The molecule has 1 aliphatic carbocycles. The molecule has 1 saturated carbocycles. The summed E-state index contributed by atoms with van der Waals surface area (Å²) < 4.78 is 10.5. The highest BCUT2D eigenvalue weighted by Gasteiger charge is 2.28. The first-order valence-electron chi connectivity index (χ1n) is 7.56. The monoisotopic (exact) mass is 336 g/mol. The smallest absolute Gasteiger partial charge is 0.323 e. The van der Waals surface area contributed by atoms with E-state index in [9.17, 15) is 14.4 Å². The SMILES string of the molecule is COC(=O)[C@H]1CC[C@H](Oc2ccc(NC(=O)C(=O)NN)cn2)CC1. The van der Waals surface area contributed by atoms with E-state index >= 15 is 0 Å². The van der Waals surface area contributed by atoms with Crippen LogP contribution in [-0.2, 0) is 19.1 Å². The molecule has 9 heteroatoms. The number of rotatable bonds is 4. The van der Waals surface area contributed by atoms with Crippen LogP contribution in [0.5, 0.6) is 5.88 Å². The molecule has 0 spiro atoms. The first kappa shape index (κ1) is 17.7. The summed E-state index contributed by atoms with van der Waals surface area (Å²) >= 11 is 0. The highest BCUT2D eigenvalue weighted by molar-refractivity contribution is 6.39. The van der Waals surface area contributed by atoms with Gasteiger partial charge in [-0.05, 0) is 31.7 Å². The topological polar surface area (TPSA) is 133 Å². The molecule has 130 valence electrons. The van der Waals surface area contributed by atoms with Crippen LogP contribution in [-0.4, -0.2) is 36.0 Å². The Hall–Kier alpha value is -2.68. The van der Waals surface area contributed by atoms with E-state index in [1.54, 1.807) is 17.6 Å². The van der Waals surface area contributed by atoms with Crippen LogP contribution in [0.4, 0.5) is 5.69 Å². The van der Waals surface area contributed by atoms with Gasteiger partial charge in [-0.1, -0.05) is 0 Å². The van der Waals surface area contributed by atoms with Gasteiger partial charge in [-0.25, -0.2) is 10.8 Å². The van der Waals surface area contributed by atoms with Crippen LogP contribution in [0.15, 0.2) is 18.3 Å². The lowest BCUT2D eigenvalue weighted by atomic mass is 9.87. The second kappa shape index (κ2) is 8.25. The first-order valence-corrected chi connectivity index (χ1v) is 7.56. The molecule has 1 aromatic heterocycles. The molecule has 2 rings (SSSR count). The maximum absolute atomic E-state index is 11.5. The number of esters is 1. The fraction of sp³-hybridized carbons (Fsp3) is 0.467. The number of hydrogen-bond acceptors (Lipinski definition) is 7. The van der Waals surface area contributed by atoms with Crippen molar-refractivity contribution < 1.29 is 23.9 Å². The number of ether oxygens (including phenoxy) is 2. The average Bonchev–Trinajstić information content (AvgIpc) is 2.62. The van der Waals surface area contributed by atoms with Crippen molar-refractivity contribution in [2.24, 2.45) is 11.8 Å². The summed E-state index contributed by atoms with van der Waals surface area (Å²) in [4.78, 5) is 37.9. The lowest BCUT2D eigenvalue weighted by molar-refractivity contribution is -0.147. The van der Waals surface area contributed by atoms with Gasteiger partial charge in [0.15, 0.2) is 0 Å². The van der Waals surface area contributed by atoms with Crippen LogP contribution in [0.3, 0.4) is 0 Å². The first-order chi connectivity index (χ1) is 11.5. The van der Waals surface area contributed by atoms with Crippen molar-refractivity contribution in [2.75, 3.05) is 12.4 Å². The van der Waals surface area contributed by atoms with Crippen LogP contribution >= 0.6 is 0 Å². The molecule has 0 radical (unpaired) electrons. The maximum atomic E-state index is 11.5. The van der Waals surface area contributed by atoms with Crippen molar-refractivity contribution in [3.63, 3.8) is 0 Å². The van der Waals surface area contributed by atoms with E-state index < -0.39 is 11.8 Å². The minimum absolute atomic E-state index is 0.0122. The van der Waals surface area contributed by atoms with Gasteiger partial charge in [-0.15, -0.1) is 0 Å². The van der Waals surface area contributed by atoms with Crippen LogP contribution in [0, 0.1) is 5.92 Å². The third-order valence-corrected chi connectivity index (χ3v) is 3.83. The molecule has 1 fully saturated rings. The van der Waals surface area contributed by atoms with Crippen LogP contribution in [0.2, 0.25) is 0 Å². The summed E-state index contributed by atoms with van der Waals surface area (Å²) in [5, 5.41) is 2.35. The lowest BCUT2D eigenvalue weighted by Crippen LogP contribution is -2.39. The van der Waals surface area contributed by atoms with Crippen molar-refractivity contribution in [1.29, 1.82) is 0 Å². The van der Waals surface area contributed by atoms with E-state index in [-0.39, 0.29) is 18.0 Å². The van der Waals surface area contributed by atoms with Gasteiger partial charge in [-0.3, -0.25) is 19.8 Å². The Morgan fingerprint density at radius 2 is 1.88 bits per heavy atom. The molecule has 0 aliphatic heterocycles. The molecule has 1 aliphatic rings. The number of pyridine rings is 1. The molecule has 2 amide bonds. The van der Waals surface area contributed by atoms with Gasteiger partial charge in [0.25, 0.3) is 0 Å². The lowest BCUT2D eigenvalue weighted by Gasteiger charge is -2.27. The Balaban J connectivity index is 1.83. The van der Waals surface area contributed by atoms with Crippen molar-refractivity contribution >= 4 is 23.5 Å². The van der Waals surface area contributed by atoms with E-state index in [2.05, 4.69) is 10.3 Å². The van der Waals surface area contributed by atoms with Gasteiger partial charge in [0.2, 0.25) is 5.88 Å². The average molecular weight is 336 g/mol. The molecule has 9 nitrogen and oxygen atoms in total. The maximum Gasteiger partial charge on any atom is 0.323 e. The second-order valence-corrected chi connectivity index (χ2v) is 5.43. The van der Waals surface area contributed by atoms with Crippen molar-refractivity contribution in [3.8, 4) is 5.88 Å². The number of carbonyl (C=O) groups excluding carboxylic acids is 3. The molecular formula is C15H20N4O5. The zero-order valence-corrected chi connectivity index (χ0v) is 13.3. The van der Waals surface area contributed by atoms with E-state index in [1.165, 1.54) is 13.3 Å². The Morgan fingerprint density at radius 3 is 2.42 bits per heavy atom. The van der Waals surface area contributed by atoms with Crippen molar-refractivity contribution in [3.05, 3.63) is 18.3 Å². The predicted octanol–water partition coefficient (Wildman–Crippen LogP) is 0.121. The number of hydrogen-bond donors (Lipinski definition) is 3. The number of nitrogens with zero attached hydrogens (tertiary/aromatic N) is 1. The molecule has 0 atom stereocenters. The van der Waals surface area contributed by atoms with Crippen molar-refractivity contribution in [1.82, 2.24) is 10.4 Å². The highest BCUT2D eigenvalue weighted by atomic mass is 16.5. The number of aromatic nitrogens is 1. The van der Waals surface area contributed by atoms with Crippen LogP contribution in [0.25, 0.3) is 0 Å². The van der Waals surface area contributed by atoms with E-state index in [1.807, 2.05) is 0 Å². The number of nitrogens with one attached hydrogen (secondary N) is 2. The quantitative estimate of drug-likeness (QED) is 0.234. The molecule has 1 heterocycles. The normalized spacial score (nSPS) is 19.9. The summed E-state index contributed by atoms with van der Waals surface area (Å²) in [5.74, 6) is 3.22. The number of anilines is 1. The van der Waals surface area contributed by atoms with Gasteiger partial charge >= 0.3 is 17.8 Å². The fourth-order valence-corrected chi connectivity index (χ4v) is 2.53. The van der Waals surface area contributed by atoms with Crippen molar-refractivity contribution in [2.45, 2.75) is 31.8 Å². The zero-order valence-electron chi connectivity index (χ0n) is 13.3. The summed E-state index contributed by atoms with van der Waals surface area (Å²) in [7, 11) is 1.40. The predicted molar refractivity (Wildman–Crippen MR) is 83.6 cm³/mol. The van der Waals surface area contributed by atoms with Gasteiger partial charge in [0.1, 0.15) is 6.10 Å². The van der Waals surface area contributed by atoms with E-state index in [4.69, 9.17) is 15.3 Å². The molecule has 0 unspecified atom stereocenters. The largest absolute Gasteiger partial charge is 0.474 e. The Kier molecular flexibility index (Phi) is 6.07. The molecule has 0 bridgehead atoms. The minimum Gasteiger partial charge on any atom is -0.474 e. The van der Waals surface area contributed by atoms with Gasteiger partial charge in [0, 0.05) is 6.07 Å². The van der Waals surface area contributed by atoms with Crippen LogP contribution < -0.4 is 21.3 Å². The number of amides is 2. The Bertz CT molecular complexity index is 596. The van der Waals surface area contributed by atoms with Crippen LogP contribution in [0.1, 0.15) is 25.7 Å². The fourth-order valence-electron chi connectivity index (χ4n) is 2.53. The Morgan fingerprint density at radius 1 is 1.17 bits per heavy atom. The molecule has 0 aromatic carbocycles. The summed E-state index contributed by atoms with van der Waals surface area (Å²) in [6.07, 6.45) is 4.31. The molecule has 4 N–H and O–H groups in total. The van der Waals surface area contributed by atoms with E-state index in [0.29, 0.717) is 11.6 Å². The third-order valence-electron chi connectivity index (χ3n) is 3.83. The number of methoxy groups -OCH3 is 1. The highest BCUT2D eigenvalue weighted by Crippen LogP contribution is 2.28. The van der Waals surface area contributed by atoms with Gasteiger partial charge < -0.3 is 14.8 Å². The minimum atomic E-state index is -0.947. The number of hydrazine groups is 1. The number of carbonyl (C=O) groups is 3. The molecule has 24 heavy (non-hydrogen) atoms. The molecular weight excluding hydrogens is 316 g/mol. The second-order valence-electron chi connectivity index (χ2n) is 5.43. The Labute approximate surface area is 138 Å². The zero-order chi connectivity index (χ0) is 17.5. The van der Waals surface area contributed by atoms with Gasteiger partial charge in [0.05, 0.1) is 24.9 Å². The number of nitrogens with two attached hydrogens (primary N) is 1. The van der Waals surface area contributed by atoms with E-state index in [0.717, 1.165) is 25.7 Å². The summed E-state index contributed by atoms with van der Waals surface area (Å²) in [6, 6.07) is 3.17. The summed E-state index contributed by atoms with van der Waals surface area (Å²) in [6.45, 7) is 0. The third kappa shape index (κ3) is 4.66. The standard InChI is InChI=1S/C15H20N4O5/c1-23-15(22)9-2-5-11(6-3-9)24-12-7-4-10(8-17-12)18-13(20)14(21)19-16/h4,7-9,11H,2-3,5-6,16H2,1H3,(H,18,20)(H,19,21)/t9-,11-. The molecule has 0 saturated heterocycles. The molecule has 1 aromatic rings. The summed E-state index contributed by atoms with van der Waals surface area (Å²) in [5.41, 5.74) is 2.09.